The maximum Gasteiger partial charge on any atom is 0.241 e. The lowest BCUT2D eigenvalue weighted by Gasteiger charge is -1.97. The molecule has 0 atom stereocenters. The van der Waals surface area contributed by atoms with Gasteiger partial charge in [-0.25, -0.2) is 0 Å². The Hall–Kier alpha value is -1.75. The van der Waals surface area contributed by atoms with Crippen LogP contribution in [-0.2, 0) is 16.1 Å². The van der Waals surface area contributed by atoms with Crippen LogP contribution in [0.5, 0.6) is 0 Å². The number of hydrogen-bond acceptors (Lipinski definition) is 3. The van der Waals surface area contributed by atoms with E-state index in [0.717, 1.165) is 28.3 Å². The molecule has 0 aromatic heterocycles. The number of carbonyl (C=O) groups excluding carboxylic acids is 1. The van der Waals surface area contributed by atoms with E-state index in [4.69, 9.17) is 5.73 Å². The number of amides is 1. The normalized spacial score (nSPS) is 12.9. The molecule has 0 spiro atoms. The molecule has 1 amide bonds. The number of hydrogen-bond donors (Lipinski definition) is 1. The highest BCUT2D eigenvalue weighted by Gasteiger charge is 2.07. The molecular formula is C9H7N3OS. The van der Waals surface area contributed by atoms with Crippen LogP contribution in [0.4, 0.5) is 11.4 Å². The van der Waals surface area contributed by atoms with Crippen LogP contribution in [0.3, 0.4) is 0 Å². The summed E-state index contributed by atoms with van der Waals surface area (Å²) in [5.41, 5.74) is 7.49. The quantitative estimate of drug-likeness (QED) is 0.747. The van der Waals surface area contributed by atoms with Gasteiger partial charge in [0, 0.05) is 11.6 Å². The van der Waals surface area contributed by atoms with E-state index in [-0.39, 0.29) is 0 Å². The highest BCUT2D eigenvalue weighted by molar-refractivity contribution is 7.58. The summed E-state index contributed by atoms with van der Waals surface area (Å²) in [5.74, 6) is -0.467. The second-order valence-corrected chi connectivity index (χ2v) is 3.24. The molecule has 1 aliphatic heterocycles. The maximum absolute atomic E-state index is 10.5. The lowest BCUT2D eigenvalue weighted by atomic mass is 10.1. The van der Waals surface area contributed by atoms with Gasteiger partial charge in [-0.05, 0) is 12.1 Å². The van der Waals surface area contributed by atoms with E-state index in [1.165, 1.54) is 6.08 Å². The fraction of sp³-hybridized carbons (Fsp3) is 0. The van der Waals surface area contributed by atoms with Crippen LogP contribution in [-0.4, -0.2) is 5.91 Å². The summed E-state index contributed by atoms with van der Waals surface area (Å²) >= 11 is 1.15. The summed E-state index contributed by atoms with van der Waals surface area (Å²) in [6.07, 6.45) is 2.96. The number of primary amides is 1. The Morgan fingerprint density at radius 1 is 1.43 bits per heavy atom. The van der Waals surface area contributed by atoms with Crippen LogP contribution in [0.15, 0.2) is 33.0 Å². The Labute approximate surface area is 84.3 Å². The van der Waals surface area contributed by atoms with Crippen molar-refractivity contribution >= 4 is 34.7 Å². The number of benzene rings is 1. The Balaban J connectivity index is 2.42. The zero-order valence-corrected chi connectivity index (χ0v) is 7.99. The van der Waals surface area contributed by atoms with Gasteiger partial charge in [0.15, 0.2) is 0 Å². The molecule has 1 aromatic carbocycles. The van der Waals surface area contributed by atoms with Crippen molar-refractivity contribution in [3.63, 3.8) is 0 Å². The Morgan fingerprint density at radius 3 is 3.07 bits per heavy atom. The van der Waals surface area contributed by atoms with Gasteiger partial charge in [0.05, 0.1) is 11.4 Å². The Morgan fingerprint density at radius 2 is 2.29 bits per heavy atom. The van der Waals surface area contributed by atoms with E-state index in [1.54, 1.807) is 6.08 Å². The number of carbonyl (C=O) groups is 1. The summed E-state index contributed by atoms with van der Waals surface area (Å²) in [7, 11) is 0. The van der Waals surface area contributed by atoms with Crippen LogP contribution in [0.1, 0.15) is 5.56 Å². The molecule has 14 heavy (non-hydrogen) atoms. The standard InChI is InChI=1S/C9H7N3OS/c10-8(13)5-4-6-2-1-3-7-9(6)12-14-11-7/h1-5H,(H2,10,13)/b5-4+. The molecule has 2 rings (SSSR count). The van der Waals surface area contributed by atoms with Crippen LogP contribution in [0, 0.1) is 0 Å². The Kier molecular flexibility index (Phi) is 2.24. The van der Waals surface area contributed by atoms with Crippen LogP contribution >= 0.6 is 0 Å². The van der Waals surface area contributed by atoms with Crippen molar-refractivity contribution < 1.29 is 4.79 Å². The molecule has 1 aromatic rings. The van der Waals surface area contributed by atoms with Crippen LogP contribution in [0.25, 0.3) is 6.08 Å². The Bertz CT molecular complexity index is 487. The smallest absolute Gasteiger partial charge is 0.241 e. The minimum atomic E-state index is -0.467. The van der Waals surface area contributed by atoms with Crippen molar-refractivity contribution in [1.29, 1.82) is 0 Å². The first-order valence-electron chi connectivity index (χ1n) is 3.96. The topological polar surface area (TPSA) is 67.8 Å². The summed E-state index contributed by atoms with van der Waals surface area (Å²) in [5, 5.41) is 0. The number of rotatable bonds is 2. The fourth-order valence-corrected chi connectivity index (χ4v) is 1.69. The highest BCUT2D eigenvalue weighted by atomic mass is 32.1. The highest BCUT2D eigenvalue weighted by Crippen LogP contribution is 2.35. The van der Waals surface area contributed by atoms with Gasteiger partial charge in [0.25, 0.3) is 0 Å². The van der Waals surface area contributed by atoms with Gasteiger partial charge in [-0.1, -0.05) is 12.1 Å². The molecule has 1 heterocycles. The maximum atomic E-state index is 10.5. The number of nitrogens with two attached hydrogens (primary N) is 1. The molecule has 5 heteroatoms. The molecule has 0 unspecified atom stereocenters. The molecular weight excluding hydrogens is 198 g/mol. The molecule has 0 radical (unpaired) electrons. The second kappa shape index (κ2) is 3.55. The zero-order valence-electron chi connectivity index (χ0n) is 7.18. The largest absolute Gasteiger partial charge is 0.366 e. The average molecular weight is 205 g/mol. The summed E-state index contributed by atoms with van der Waals surface area (Å²) in [4.78, 5) is 10.5. The van der Waals surface area contributed by atoms with Crippen LogP contribution in [0.2, 0.25) is 0 Å². The first-order valence-corrected chi connectivity index (χ1v) is 4.69. The average Bonchev–Trinajstić information content (AvgIpc) is 2.62. The van der Waals surface area contributed by atoms with Crippen molar-refractivity contribution in [1.82, 2.24) is 0 Å². The molecule has 0 saturated carbocycles. The minimum Gasteiger partial charge on any atom is -0.366 e. The number of nitrogens with zero attached hydrogens (tertiary/aromatic N) is 2. The van der Waals surface area contributed by atoms with Crippen LogP contribution < -0.4 is 5.73 Å². The first-order chi connectivity index (χ1) is 6.77. The van der Waals surface area contributed by atoms with Crippen molar-refractivity contribution in [2.75, 3.05) is 0 Å². The number of fused-ring (bicyclic) bond motifs is 1. The molecule has 1 aliphatic rings. The molecule has 0 saturated heterocycles. The lowest BCUT2D eigenvalue weighted by Crippen LogP contribution is -2.05. The SMILES string of the molecule is NC(=O)/C=C/c1cccc2c1N=S=N2. The molecule has 70 valence electrons. The summed E-state index contributed by atoms with van der Waals surface area (Å²) in [6.45, 7) is 0. The van der Waals surface area contributed by atoms with E-state index < -0.39 is 5.91 Å². The molecule has 0 fully saturated rings. The van der Waals surface area contributed by atoms with Crippen molar-refractivity contribution in [3.05, 3.63) is 29.8 Å². The molecule has 0 aliphatic carbocycles. The van der Waals surface area contributed by atoms with Crippen molar-refractivity contribution in [2.45, 2.75) is 0 Å². The van der Waals surface area contributed by atoms with Crippen molar-refractivity contribution in [3.8, 4) is 0 Å². The predicted octanol–water partition coefficient (Wildman–Crippen LogP) is 1.91. The third-order valence-electron chi connectivity index (χ3n) is 1.74. The second-order valence-electron chi connectivity index (χ2n) is 2.71. The first kappa shape index (κ1) is 8.83. The zero-order chi connectivity index (χ0) is 9.97. The fourth-order valence-electron chi connectivity index (χ4n) is 1.13. The van der Waals surface area contributed by atoms with Gasteiger partial charge < -0.3 is 5.73 Å². The molecule has 2 N–H and O–H groups in total. The van der Waals surface area contributed by atoms with E-state index in [2.05, 4.69) is 8.73 Å². The summed E-state index contributed by atoms with van der Waals surface area (Å²) in [6, 6.07) is 5.61. The van der Waals surface area contributed by atoms with E-state index in [1.807, 2.05) is 18.2 Å². The monoisotopic (exact) mass is 205 g/mol. The van der Waals surface area contributed by atoms with Gasteiger partial charge in [0.2, 0.25) is 5.91 Å². The third kappa shape index (κ3) is 1.62. The van der Waals surface area contributed by atoms with E-state index in [0.29, 0.717) is 0 Å². The molecule has 0 bridgehead atoms. The van der Waals surface area contributed by atoms with Gasteiger partial charge >= 0.3 is 0 Å². The van der Waals surface area contributed by atoms with Gasteiger partial charge in [-0.15, -0.1) is 0 Å². The van der Waals surface area contributed by atoms with E-state index >= 15 is 0 Å². The van der Waals surface area contributed by atoms with Gasteiger partial charge in [-0.3, -0.25) is 4.79 Å². The molecule has 4 nitrogen and oxygen atoms in total. The third-order valence-corrected chi connectivity index (χ3v) is 2.29. The lowest BCUT2D eigenvalue weighted by molar-refractivity contribution is -0.113. The summed E-state index contributed by atoms with van der Waals surface area (Å²) < 4.78 is 8.21. The minimum absolute atomic E-state index is 0.467. The van der Waals surface area contributed by atoms with Gasteiger partial charge in [-0.2, -0.15) is 8.73 Å². The van der Waals surface area contributed by atoms with E-state index in [9.17, 15) is 4.79 Å². The predicted molar refractivity (Wildman–Crippen MR) is 56.2 cm³/mol. The van der Waals surface area contributed by atoms with Gasteiger partial charge in [0.1, 0.15) is 11.4 Å². The van der Waals surface area contributed by atoms with Crippen molar-refractivity contribution in [2.24, 2.45) is 14.5 Å².